The first-order chi connectivity index (χ1) is 17.0. The molecule has 3 rings (SSSR count). The molecule has 1 aliphatic heterocycles. The van der Waals surface area contributed by atoms with Gasteiger partial charge in [-0.05, 0) is 48.8 Å². The van der Waals surface area contributed by atoms with E-state index in [9.17, 15) is 24.7 Å². The molecule has 0 unspecified atom stereocenters. The molecule has 36 heavy (non-hydrogen) atoms. The molecule has 1 aromatic rings. The van der Waals surface area contributed by atoms with Crippen LogP contribution in [0.15, 0.2) is 18.2 Å². The molecule has 1 aliphatic carbocycles. The van der Waals surface area contributed by atoms with Crippen molar-refractivity contribution in [2.75, 3.05) is 24.6 Å². The van der Waals surface area contributed by atoms with Gasteiger partial charge in [-0.1, -0.05) is 46.5 Å². The van der Waals surface area contributed by atoms with Crippen LogP contribution in [0.4, 0.5) is 10.1 Å². The number of benzene rings is 1. The van der Waals surface area contributed by atoms with Crippen molar-refractivity contribution in [2.45, 2.75) is 77.8 Å². The Bertz CT molecular complexity index is 928. The number of Topliss-reactive ketones (excluding diaryl/α,β-unsaturated/α-hetero) is 1. The van der Waals surface area contributed by atoms with Gasteiger partial charge in [0.15, 0.2) is 5.78 Å². The average molecular weight is 506 g/mol. The van der Waals surface area contributed by atoms with Gasteiger partial charge in [-0.25, -0.2) is 9.45 Å². The SMILES string of the molecule is CC(C)(C)[C@H](NC(=O)[C@H](CC1CCCC1)CN(O)C=O)C(=O)c1ccc(N2CCC[C@H]2CO)c(F)c1. The van der Waals surface area contributed by atoms with Gasteiger partial charge in [0.25, 0.3) is 0 Å². The standard InChI is InChI=1S/C27H40FN3O5/c1-27(2,3)25(29-26(35)20(15-30(36)17-33)13-18-7-4-5-8-18)24(34)19-10-11-23(22(28)14-19)31-12-6-9-21(31)16-32/h10-11,14,17-18,20-21,25,32,36H,4-9,12-13,15-16H2,1-3H3,(H,29,35)/t20-,21+,25-/m1/s1. The van der Waals surface area contributed by atoms with Crippen LogP contribution in [-0.2, 0) is 9.59 Å². The number of aliphatic hydroxyl groups excluding tert-OH is 1. The summed E-state index contributed by atoms with van der Waals surface area (Å²) in [5.41, 5.74) is -0.159. The largest absolute Gasteiger partial charge is 0.394 e. The lowest BCUT2D eigenvalue weighted by Crippen LogP contribution is -2.52. The number of nitrogens with zero attached hydrogens (tertiary/aromatic N) is 2. The number of rotatable bonds is 11. The van der Waals surface area contributed by atoms with E-state index in [0.29, 0.717) is 29.6 Å². The van der Waals surface area contributed by atoms with E-state index in [1.165, 1.54) is 6.07 Å². The highest BCUT2D eigenvalue weighted by molar-refractivity contribution is 6.03. The van der Waals surface area contributed by atoms with Crippen LogP contribution in [0.2, 0.25) is 0 Å². The Morgan fingerprint density at radius 2 is 1.92 bits per heavy atom. The van der Waals surface area contributed by atoms with Gasteiger partial charge in [-0.2, -0.15) is 0 Å². The number of hydroxylamine groups is 2. The molecule has 0 radical (unpaired) electrons. The minimum atomic E-state index is -0.929. The summed E-state index contributed by atoms with van der Waals surface area (Å²) in [6.07, 6.45) is 6.62. The maximum atomic E-state index is 15.1. The molecular weight excluding hydrogens is 465 g/mol. The fraction of sp³-hybridized carbons (Fsp3) is 0.667. The summed E-state index contributed by atoms with van der Waals surface area (Å²) >= 11 is 0. The lowest BCUT2D eigenvalue weighted by atomic mass is 9.81. The van der Waals surface area contributed by atoms with Crippen molar-refractivity contribution in [1.82, 2.24) is 10.4 Å². The van der Waals surface area contributed by atoms with Crippen LogP contribution in [0, 0.1) is 23.1 Å². The number of anilines is 1. The van der Waals surface area contributed by atoms with Crippen LogP contribution < -0.4 is 10.2 Å². The van der Waals surface area contributed by atoms with Gasteiger partial charge >= 0.3 is 0 Å². The molecule has 3 N–H and O–H groups in total. The van der Waals surface area contributed by atoms with Gasteiger partial charge in [0.05, 0.1) is 36.8 Å². The number of hydrogen-bond donors (Lipinski definition) is 3. The molecule has 2 amide bonds. The van der Waals surface area contributed by atoms with E-state index in [1.54, 1.807) is 12.1 Å². The van der Waals surface area contributed by atoms with Crippen molar-refractivity contribution in [3.05, 3.63) is 29.6 Å². The second-order valence-electron chi connectivity index (χ2n) is 11.3. The molecule has 0 spiro atoms. The summed E-state index contributed by atoms with van der Waals surface area (Å²) in [6.45, 7) is 5.91. The van der Waals surface area contributed by atoms with E-state index >= 15 is 4.39 Å². The number of aliphatic hydroxyl groups is 1. The van der Waals surface area contributed by atoms with E-state index < -0.39 is 34.9 Å². The normalized spacial score (nSPS) is 20.3. The summed E-state index contributed by atoms with van der Waals surface area (Å²) < 4.78 is 15.1. The van der Waals surface area contributed by atoms with Crippen LogP contribution in [0.1, 0.15) is 76.1 Å². The van der Waals surface area contributed by atoms with Crippen LogP contribution in [0.25, 0.3) is 0 Å². The first-order valence-electron chi connectivity index (χ1n) is 13.0. The van der Waals surface area contributed by atoms with Gasteiger partial charge < -0.3 is 15.3 Å². The first kappa shape index (κ1) is 28.1. The van der Waals surface area contributed by atoms with Crippen molar-refractivity contribution < 1.29 is 29.1 Å². The lowest BCUT2D eigenvalue weighted by molar-refractivity contribution is -0.155. The zero-order chi connectivity index (χ0) is 26.5. The Morgan fingerprint density at radius 1 is 1.22 bits per heavy atom. The number of halogens is 1. The summed E-state index contributed by atoms with van der Waals surface area (Å²) in [7, 11) is 0. The number of carbonyl (C=O) groups excluding carboxylic acids is 3. The highest BCUT2D eigenvalue weighted by Gasteiger charge is 2.37. The second-order valence-corrected chi connectivity index (χ2v) is 11.3. The predicted molar refractivity (Wildman–Crippen MR) is 134 cm³/mol. The second kappa shape index (κ2) is 12.1. The maximum absolute atomic E-state index is 15.1. The molecule has 2 fully saturated rings. The zero-order valence-electron chi connectivity index (χ0n) is 21.6. The molecule has 8 nitrogen and oxygen atoms in total. The van der Waals surface area contributed by atoms with Gasteiger partial charge in [0.1, 0.15) is 5.82 Å². The van der Waals surface area contributed by atoms with Gasteiger partial charge in [0.2, 0.25) is 12.3 Å². The molecule has 1 heterocycles. The Kier molecular flexibility index (Phi) is 9.47. The molecule has 1 aromatic carbocycles. The molecular formula is C27H40FN3O5. The van der Waals surface area contributed by atoms with Gasteiger partial charge in [0, 0.05) is 12.1 Å². The van der Waals surface area contributed by atoms with Gasteiger partial charge in [-0.3, -0.25) is 19.6 Å². The molecule has 2 aliphatic rings. The number of amides is 2. The molecule has 0 bridgehead atoms. The van der Waals surface area contributed by atoms with Crippen molar-refractivity contribution >= 4 is 23.8 Å². The molecule has 1 saturated carbocycles. The Morgan fingerprint density at radius 3 is 2.50 bits per heavy atom. The fourth-order valence-electron chi connectivity index (χ4n) is 5.52. The van der Waals surface area contributed by atoms with Gasteiger partial charge in [-0.15, -0.1) is 0 Å². The predicted octanol–water partition coefficient (Wildman–Crippen LogP) is 3.54. The number of ketones is 1. The van der Waals surface area contributed by atoms with Crippen LogP contribution >= 0.6 is 0 Å². The van der Waals surface area contributed by atoms with Crippen molar-refractivity contribution in [2.24, 2.45) is 17.3 Å². The summed E-state index contributed by atoms with van der Waals surface area (Å²) in [5.74, 6) is -1.68. The zero-order valence-corrected chi connectivity index (χ0v) is 21.6. The van der Waals surface area contributed by atoms with E-state index in [2.05, 4.69) is 5.32 Å². The molecule has 9 heteroatoms. The third-order valence-corrected chi connectivity index (χ3v) is 7.54. The maximum Gasteiger partial charge on any atom is 0.233 e. The number of carbonyl (C=O) groups is 3. The van der Waals surface area contributed by atoms with E-state index in [1.807, 2.05) is 25.7 Å². The summed E-state index contributed by atoms with van der Waals surface area (Å²) in [6, 6.07) is 3.26. The van der Waals surface area contributed by atoms with Crippen molar-refractivity contribution in [3.63, 3.8) is 0 Å². The molecule has 3 atom stereocenters. The van der Waals surface area contributed by atoms with Crippen LogP contribution in [0.3, 0.4) is 0 Å². The van der Waals surface area contributed by atoms with Crippen molar-refractivity contribution in [3.8, 4) is 0 Å². The third-order valence-electron chi connectivity index (χ3n) is 7.54. The van der Waals surface area contributed by atoms with Crippen molar-refractivity contribution in [1.29, 1.82) is 0 Å². The highest BCUT2D eigenvalue weighted by Crippen LogP contribution is 2.32. The Balaban J connectivity index is 1.79. The fourth-order valence-corrected chi connectivity index (χ4v) is 5.52. The Hall–Kier alpha value is -2.52. The molecule has 1 saturated heterocycles. The Labute approximate surface area is 212 Å². The van der Waals surface area contributed by atoms with Crippen LogP contribution in [0.5, 0.6) is 0 Å². The summed E-state index contributed by atoms with van der Waals surface area (Å²) in [4.78, 5) is 39.7. The third kappa shape index (κ3) is 6.82. The highest BCUT2D eigenvalue weighted by atomic mass is 19.1. The van der Waals surface area contributed by atoms with E-state index in [-0.39, 0.29) is 31.2 Å². The monoisotopic (exact) mass is 505 g/mol. The average Bonchev–Trinajstić information content (AvgIpc) is 3.52. The quantitative estimate of drug-likeness (QED) is 0.184. The topological polar surface area (TPSA) is 110 Å². The number of hydrogen-bond acceptors (Lipinski definition) is 6. The lowest BCUT2D eigenvalue weighted by Gasteiger charge is -2.33. The first-order valence-corrected chi connectivity index (χ1v) is 13.0. The summed E-state index contributed by atoms with van der Waals surface area (Å²) in [5, 5.41) is 22.7. The molecule has 200 valence electrons. The van der Waals surface area contributed by atoms with E-state index in [0.717, 1.165) is 38.5 Å². The van der Waals surface area contributed by atoms with Crippen LogP contribution in [-0.4, -0.2) is 65.3 Å². The smallest absolute Gasteiger partial charge is 0.233 e. The minimum absolute atomic E-state index is 0.0599. The number of nitrogens with one attached hydrogen (secondary N) is 1. The molecule has 0 aromatic heterocycles. The van der Waals surface area contributed by atoms with E-state index in [4.69, 9.17) is 0 Å². The minimum Gasteiger partial charge on any atom is -0.394 e.